The van der Waals surface area contributed by atoms with E-state index in [0.717, 1.165) is 19.4 Å². The number of hydrogen-bond donors (Lipinski definition) is 2. The Morgan fingerprint density at radius 2 is 2.39 bits per heavy atom. The summed E-state index contributed by atoms with van der Waals surface area (Å²) in [6.45, 7) is 0.967. The summed E-state index contributed by atoms with van der Waals surface area (Å²) in [5.74, 6) is -2.16. The molecule has 1 aliphatic rings. The molecule has 1 aromatic carbocycles. The molecule has 1 aliphatic heterocycles. The number of aromatic hydroxyl groups is 1. The minimum atomic E-state index is -0.786. The molecule has 0 amide bonds. The third-order valence-corrected chi connectivity index (χ3v) is 3.17. The Balaban J connectivity index is 2.25. The van der Waals surface area contributed by atoms with Crippen LogP contribution in [0.25, 0.3) is 0 Å². The predicted octanol–water partition coefficient (Wildman–Crippen LogP) is 1.61. The number of phenolic OH excluding ortho intramolecular Hbond substituents is 1. The van der Waals surface area contributed by atoms with Gasteiger partial charge in [-0.25, -0.2) is 9.18 Å². The van der Waals surface area contributed by atoms with Gasteiger partial charge in [0.15, 0.2) is 11.6 Å². The van der Waals surface area contributed by atoms with Crippen LogP contribution in [0, 0.1) is 5.82 Å². The SMILES string of the molecule is COC(=O)c1cc(CC2CCCN2)cc(F)c1O. The molecule has 0 saturated carbocycles. The van der Waals surface area contributed by atoms with E-state index in [1.54, 1.807) is 0 Å². The highest BCUT2D eigenvalue weighted by Gasteiger charge is 2.20. The summed E-state index contributed by atoms with van der Waals surface area (Å²) in [7, 11) is 1.20. The van der Waals surface area contributed by atoms with Crippen LogP contribution in [-0.2, 0) is 11.2 Å². The van der Waals surface area contributed by atoms with Gasteiger partial charge in [-0.05, 0) is 43.5 Å². The third-order valence-electron chi connectivity index (χ3n) is 3.17. The van der Waals surface area contributed by atoms with Crippen LogP contribution in [0.1, 0.15) is 28.8 Å². The standard InChI is InChI=1S/C13H16FNO3/c1-18-13(17)10-6-8(7-11(14)12(10)16)5-9-3-2-4-15-9/h6-7,9,15-16H,2-5H2,1H3. The van der Waals surface area contributed by atoms with Gasteiger partial charge in [0, 0.05) is 6.04 Å². The van der Waals surface area contributed by atoms with Crippen molar-refractivity contribution in [1.29, 1.82) is 0 Å². The average Bonchev–Trinajstić information content (AvgIpc) is 2.85. The second kappa shape index (κ2) is 5.35. The molecular weight excluding hydrogens is 237 g/mol. The molecule has 0 aliphatic carbocycles. The van der Waals surface area contributed by atoms with Crippen molar-refractivity contribution in [3.63, 3.8) is 0 Å². The summed E-state index contributed by atoms with van der Waals surface area (Å²) < 4.78 is 18.0. The molecule has 5 heteroatoms. The largest absolute Gasteiger partial charge is 0.504 e. The minimum Gasteiger partial charge on any atom is -0.504 e. The lowest BCUT2D eigenvalue weighted by molar-refractivity contribution is 0.0596. The molecule has 0 aromatic heterocycles. The Morgan fingerprint density at radius 3 is 3.00 bits per heavy atom. The van der Waals surface area contributed by atoms with Crippen LogP contribution >= 0.6 is 0 Å². The van der Waals surface area contributed by atoms with Crippen molar-refractivity contribution in [3.05, 3.63) is 29.1 Å². The highest BCUT2D eigenvalue weighted by molar-refractivity contribution is 5.92. The van der Waals surface area contributed by atoms with E-state index in [1.807, 2.05) is 0 Å². The van der Waals surface area contributed by atoms with Gasteiger partial charge in [0.1, 0.15) is 5.56 Å². The fourth-order valence-corrected chi connectivity index (χ4v) is 2.25. The highest BCUT2D eigenvalue weighted by atomic mass is 19.1. The summed E-state index contributed by atoms with van der Waals surface area (Å²) in [6.07, 6.45) is 2.78. The van der Waals surface area contributed by atoms with Crippen molar-refractivity contribution in [3.8, 4) is 5.75 Å². The van der Waals surface area contributed by atoms with Gasteiger partial charge in [-0.2, -0.15) is 0 Å². The molecule has 1 aromatic rings. The number of hydrogen-bond acceptors (Lipinski definition) is 4. The molecule has 4 nitrogen and oxygen atoms in total. The van der Waals surface area contributed by atoms with Crippen LogP contribution in [0.3, 0.4) is 0 Å². The molecule has 1 unspecified atom stereocenters. The molecule has 0 radical (unpaired) electrons. The predicted molar refractivity (Wildman–Crippen MR) is 64.1 cm³/mol. The molecule has 0 bridgehead atoms. The van der Waals surface area contributed by atoms with Gasteiger partial charge in [0.25, 0.3) is 0 Å². The number of nitrogens with one attached hydrogen (secondary N) is 1. The van der Waals surface area contributed by atoms with Crippen molar-refractivity contribution >= 4 is 5.97 Å². The number of rotatable bonds is 3. The van der Waals surface area contributed by atoms with Gasteiger partial charge in [-0.15, -0.1) is 0 Å². The average molecular weight is 253 g/mol. The quantitative estimate of drug-likeness (QED) is 0.803. The normalized spacial score (nSPS) is 18.9. The lowest BCUT2D eigenvalue weighted by atomic mass is 10.0. The molecule has 1 saturated heterocycles. The zero-order valence-electron chi connectivity index (χ0n) is 10.2. The summed E-state index contributed by atoms with van der Waals surface area (Å²) >= 11 is 0. The van der Waals surface area contributed by atoms with Crippen LogP contribution in [-0.4, -0.2) is 30.8 Å². The van der Waals surface area contributed by atoms with E-state index in [-0.39, 0.29) is 5.56 Å². The Hall–Kier alpha value is -1.62. The van der Waals surface area contributed by atoms with E-state index >= 15 is 0 Å². The first-order valence-corrected chi connectivity index (χ1v) is 5.95. The highest BCUT2D eigenvalue weighted by Crippen LogP contribution is 2.25. The lowest BCUT2D eigenvalue weighted by Crippen LogP contribution is -2.23. The van der Waals surface area contributed by atoms with Gasteiger partial charge in [0.05, 0.1) is 7.11 Å². The van der Waals surface area contributed by atoms with Crippen LogP contribution in [0.5, 0.6) is 5.75 Å². The first-order valence-electron chi connectivity index (χ1n) is 5.95. The monoisotopic (exact) mass is 253 g/mol. The van der Waals surface area contributed by atoms with Crippen molar-refractivity contribution < 1.29 is 19.0 Å². The first-order chi connectivity index (χ1) is 8.61. The van der Waals surface area contributed by atoms with Gasteiger partial charge >= 0.3 is 5.97 Å². The van der Waals surface area contributed by atoms with Gasteiger partial charge in [-0.1, -0.05) is 0 Å². The summed E-state index contributed by atoms with van der Waals surface area (Å²) in [6, 6.07) is 3.06. The maximum Gasteiger partial charge on any atom is 0.341 e. The Kier molecular flexibility index (Phi) is 3.81. The molecule has 2 N–H and O–H groups in total. The molecule has 98 valence electrons. The summed E-state index contributed by atoms with van der Waals surface area (Å²) in [4.78, 5) is 11.4. The van der Waals surface area contributed by atoms with E-state index < -0.39 is 17.5 Å². The Morgan fingerprint density at radius 1 is 1.61 bits per heavy atom. The maximum absolute atomic E-state index is 13.5. The van der Waals surface area contributed by atoms with Crippen molar-refractivity contribution in [2.75, 3.05) is 13.7 Å². The van der Waals surface area contributed by atoms with Crippen molar-refractivity contribution in [2.45, 2.75) is 25.3 Å². The Bertz CT molecular complexity index is 456. The van der Waals surface area contributed by atoms with Gasteiger partial charge in [-0.3, -0.25) is 0 Å². The number of esters is 1. The zero-order valence-corrected chi connectivity index (χ0v) is 10.2. The number of carbonyl (C=O) groups excluding carboxylic acids is 1. The minimum absolute atomic E-state index is 0.120. The van der Waals surface area contributed by atoms with E-state index in [9.17, 15) is 14.3 Å². The number of benzene rings is 1. The molecule has 0 spiro atoms. The Labute approximate surface area is 105 Å². The van der Waals surface area contributed by atoms with Gasteiger partial charge in [0.2, 0.25) is 0 Å². The van der Waals surface area contributed by atoms with Gasteiger partial charge < -0.3 is 15.2 Å². The second-order valence-corrected chi connectivity index (χ2v) is 4.46. The van der Waals surface area contributed by atoms with Crippen LogP contribution in [0.4, 0.5) is 4.39 Å². The van der Waals surface area contributed by atoms with E-state index in [2.05, 4.69) is 10.1 Å². The maximum atomic E-state index is 13.5. The first kappa shape index (κ1) is 12.8. The number of methoxy groups -OCH3 is 1. The number of carbonyl (C=O) groups is 1. The molecule has 1 atom stereocenters. The van der Waals surface area contributed by atoms with Crippen LogP contribution in [0.15, 0.2) is 12.1 Å². The fourth-order valence-electron chi connectivity index (χ4n) is 2.25. The summed E-state index contributed by atoms with van der Waals surface area (Å²) in [5.41, 5.74) is 0.565. The number of halogens is 1. The van der Waals surface area contributed by atoms with Crippen molar-refractivity contribution in [1.82, 2.24) is 5.32 Å². The third kappa shape index (κ3) is 2.61. The molecule has 2 rings (SSSR count). The molecule has 1 fully saturated rings. The number of ether oxygens (including phenoxy) is 1. The van der Waals surface area contributed by atoms with E-state index in [4.69, 9.17) is 0 Å². The molecular formula is C13H16FNO3. The van der Waals surface area contributed by atoms with Crippen molar-refractivity contribution in [2.24, 2.45) is 0 Å². The topological polar surface area (TPSA) is 58.6 Å². The second-order valence-electron chi connectivity index (χ2n) is 4.46. The zero-order chi connectivity index (χ0) is 13.1. The molecule has 18 heavy (non-hydrogen) atoms. The lowest BCUT2D eigenvalue weighted by Gasteiger charge is -2.12. The number of phenols is 1. The summed E-state index contributed by atoms with van der Waals surface area (Å²) in [5, 5.41) is 12.8. The van der Waals surface area contributed by atoms with Crippen LogP contribution < -0.4 is 5.32 Å². The van der Waals surface area contributed by atoms with E-state index in [1.165, 1.54) is 19.2 Å². The molecule has 1 heterocycles. The van der Waals surface area contributed by atoms with E-state index in [0.29, 0.717) is 18.0 Å². The fraction of sp³-hybridized carbons (Fsp3) is 0.462. The smallest absolute Gasteiger partial charge is 0.341 e. The van der Waals surface area contributed by atoms with Crippen LogP contribution in [0.2, 0.25) is 0 Å².